The Morgan fingerprint density at radius 3 is 2.81 bits per heavy atom. The average Bonchev–Trinajstić information content (AvgIpc) is 2.89. The number of nitrogens with zero attached hydrogens (tertiary/aromatic N) is 1. The highest BCUT2D eigenvalue weighted by molar-refractivity contribution is 5.94. The molecule has 0 bridgehead atoms. The van der Waals surface area contributed by atoms with Crippen LogP contribution in [0.3, 0.4) is 0 Å². The van der Waals surface area contributed by atoms with Crippen LogP contribution in [-0.2, 0) is 11.2 Å². The van der Waals surface area contributed by atoms with Crippen molar-refractivity contribution in [1.29, 1.82) is 0 Å². The molecule has 5 heteroatoms. The van der Waals surface area contributed by atoms with Gasteiger partial charge in [-0.15, -0.1) is 0 Å². The molecule has 0 aliphatic carbocycles. The van der Waals surface area contributed by atoms with E-state index in [0.29, 0.717) is 25.1 Å². The largest absolute Gasteiger partial charge is 0.493 e. The van der Waals surface area contributed by atoms with Crippen molar-refractivity contribution in [3.05, 3.63) is 29.3 Å². The summed E-state index contributed by atoms with van der Waals surface area (Å²) in [6, 6.07) is 5.54. The predicted molar refractivity (Wildman–Crippen MR) is 78.7 cm³/mol. The molecule has 0 saturated heterocycles. The van der Waals surface area contributed by atoms with Crippen molar-refractivity contribution < 1.29 is 19.4 Å². The second-order valence-corrected chi connectivity index (χ2v) is 5.51. The Kier molecular flexibility index (Phi) is 4.83. The number of benzene rings is 1. The van der Waals surface area contributed by atoms with Gasteiger partial charge in [0, 0.05) is 31.0 Å². The Balaban J connectivity index is 2.09. The molecule has 5 nitrogen and oxygen atoms in total. The first kappa shape index (κ1) is 15.4. The third-order valence-corrected chi connectivity index (χ3v) is 3.61. The number of rotatable bonds is 6. The van der Waals surface area contributed by atoms with Gasteiger partial charge in [-0.25, -0.2) is 0 Å². The fraction of sp³-hybridized carbons (Fsp3) is 0.500. The summed E-state index contributed by atoms with van der Waals surface area (Å²) in [5.41, 5.74) is 1.71. The van der Waals surface area contributed by atoms with Crippen LogP contribution in [-0.4, -0.2) is 41.1 Å². The maximum Gasteiger partial charge on any atom is 0.303 e. The summed E-state index contributed by atoms with van der Waals surface area (Å²) in [5, 5.41) is 8.71. The molecular weight excluding hydrogens is 270 g/mol. The molecule has 1 aromatic carbocycles. The predicted octanol–water partition coefficient (Wildman–Crippen LogP) is 2.34. The minimum absolute atomic E-state index is 0.0378. The Morgan fingerprint density at radius 2 is 2.14 bits per heavy atom. The van der Waals surface area contributed by atoms with E-state index in [2.05, 4.69) is 0 Å². The van der Waals surface area contributed by atoms with Crippen LogP contribution in [0.15, 0.2) is 18.2 Å². The zero-order chi connectivity index (χ0) is 15.4. The molecule has 1 aliphatic heterocycles. The van der Waals surface area contributed by atoms with Gasteiger partial charge in [-0.05, 0) is 44.0 Å². The second-order valence-electron chi connectivity index (χ2n) is 5.51. The molecular formula is C16H21NO4. The van der Waals surface area contributed by atoms with Gasteiger partial charge >= 0.3 is 5.97 Å². The number of aliphatic carboxylic acids is 1. The Morgan fingerprint density at radius 1 is 1.38 bits per heavy atom. The molecule has 0 aromatic heterocycles. The van der Waals surface area contributed by atoms with Gasteiger partial charge in [-0.3, -0.25) is 9.59 Å². The number of ether oxygens (including phenoxy) is 1. The lowest BCUT2D eigenvalue weighted by Crippen LogP contribution is -2.38. The lowest BCUT2D eigenvalue weighted by Gasteiger charge is -2.27. The molecule has 1 heterocycles. The summed E-state index contributed by atoms with van der Waals surface area (Å²) >= 11 is 0. The number of hydrogen-bond donors (Lipinski definition) is 1. The molecule has 0 spiro atoms. The maximum atomic E-state index is 12.6. The van der Waals surface area contributed by atoms with Crippen LogP contribution in [0.4, 0.5) is 0 Å². The fourth-order valence-corrected chi connectivity index (χ4v) is 2.48. The molecule has 1 N–H and O–H groups in total. The monoisotopic (exact) mass is 291 g/mol. The highest BCUT2D eigenvalue weighted by Crippen LogP contribution is 2.26. The van der Waals surface area contributed by atoms with Gasteiger partial charge < -0.3 is 14.7 Å². The van der Waals surface area contributed by atoms with Crippen molar-refractivity contribution in [3.8, 4) is 5.75 Å². The zero-order valence-corrected chi connectivity index (χ0v) is 12.5. The first-order valence-corrected chi connectivity index (χ1v) is 7.27. The quantitative estimate of drug-likeness (QED) is 0.873. The van der Waals surface area contributed by atoms with Crippen molar-refractivity contribution in [1.82, 2.24) is 4.90 Å². The van der Waals surface area contributed by atoms with Gasteiger partial charge in [0.05, 0.1) is 6.61 Å². The molecule has 2 rings (SSSR count). The smallest absolute Gasteiger partial charge is 0.303 e. The van der Waals surface area contributed by atoms with Gasteiger partial charge in [-0.1, -0.05) is 0 Å². The summed E-state index contributed by atoms with van der Waals surface area (Å²) in [4.78, 5) is 24.9. The van der Waals surface area contributed by atoms with Crippen LogP contribution in [0.5, 0.6) is 5.75 Å². The lowest BCUT2D eigenvalue weighted by molar-refractivity contribution is -0.137. The molecule has 1 amide bonds. The summed E-state index contributed by atoms with van der Waals surface area (Å²) in [7, 11) is 0. The van der Waals surface area contributed by atoms with Crippen LogP contribution in [0.25, 0.3) is 0 Å². The third-order valence-electron chi connectivity index (χ3n) is 3.61. The summed E-state index contributed by atoms with van der Waals surface area (Å²) in [6.07, 6.45) is 1.37. The highest BCUT2D eigenvalue weighted by atomic mass is 16.5. The first-order valence-electron chi connectivity index (χ1n) is 7.27. The number of carboxylic acid groups (broad SMARTS) is 1. The van der Waals surface area contributed by atoms with Gasteiger partial charge in [0.2, 0.25) is 0 Å². The Hall–Kier alpha value is -2.04. The van der Waals surface area contributed by atoms with Crippen LogP contribution in [0.2, 0.25) is 0 Å². The standard InChI is InChI=1S/C16H21NO4/c1-11(2)17(8-3-4-15(18)19)16(20)13-5-6-14-12(10-13)7-9-21-14/h5-6,10-11H,3-4,7-9H2,1-2H3,(H,18,19). The van der Waals surface area contributed by atoms with E-state index in [0.717, 1.165) is 17.7 Å². The molecule has 114 valence electrons. The van der Waals surface area contributed by atoms with Crippen molar-refractivity contribution in [2.75, 3.05) is 13.2 Å². The van der Waals surface area contributed by atoms with Gasteiger partial charge in [0.25, 0.3) is 5.91 Å². The maximum absolute atomic E-state index is 12.6. The number of carbonyl (C=O) groups is 2. The average molecular weight is 291 g/mol. The van der Waals surface area contributed by atoms with Crippen LogP contribution >= 0.6 is 0 Å². The summed E-state index contributed by atoms with van der Waals surface area (Å²) < 4.78 is 5.44. The topological polar surface area (TPSA) is 66.8 Å². The van der Waals surface area contributed by atoms with Crippen LogP contribution < -0.4 is 4.74 Å². The van der Waals surface area contributed by atoms with E-state index in [1.807, 2.05) is 26.0 Å². The zero-order valence-electron chi connectivity index (χ0n) is 12.5. The minimum atomic E-state index is -0.833. The number of amides is 1. The number of carbonyl (C=O) groups excluding carboxylic acids is 1. The van der Waals surface area contributed by atoms with E-state index in [1.165, 1.54) is 0 Å². The van der Waals surface area contributed by atoms with Crippen LogP contribution in [0.1, 0.15) is 42.6 Å². The van der Waals surface area contributed by atoms with Crippen molar-refractivity contribution in [3.63, 3.8) is 0 Å². The van der Waals surface area contributed by atoms with Gasteiger partial charge in [0.15, 0.2) is 0 Å². The number of hydrogen-bond acceptors (Lipinski definition) is 3. The van der Waals surface area contributed by atoms with Gasteiger partial charge in [0.1, 0.15) is 5.75 Å². The molecule has 0 fully saturated rings. The Labute approximate surface area is 124 Å². The van der Waals surface area contributed by atoms with E-state index < -0.39 is 5.97 Å². The van der Waals surface area contributed by atoms with E-state index in [9.17, 15) is 9.59 Å². The van der Waals surface area contributed by atoms with E-state index >= 15 is 0 Å². The number of fused-ring (bicyclic) bond motifs is 1. The van der Waals surface area contributed by atoms with Crippen LogP contribution in [0, 0.1) is 0 Å². The van der Waals surface area contributed by atoms with Gasteiger partial charge in [-0.2, -0.15) is 0 Å². The van der Waals surface area contributed by atoms with Crippen molar-refractivity contribution in [2.24, 2.45) is 0 Å². The van der Waals surface area contributed by atoms with E-state index in [-0.39, 0.29) is 18.4 Å². The molecule has 21 heavy (non-hydrogen) atoms. The SMILES string of the molecule is CC(C)N(CCCC(=O)O)C(=O)c1ccc2c(c1)CCO2. The molecule has 0 atom stereocenters. The van der Waals surface area contributed by atoms with E-state index in [1.54, 1.807) is 11.0 Å². The van der Waals surface area contributed by atoms with Crippen molar-refractivity contribution >= 4 is 11.9 Å². The van der Waals surface area contributed by atoms with Crippen molar-refractivity contribution in [2.45, 2.75) is 39.2 Å². The second kappa shape index (κ2) is 6.61. The normalized spacial score (nSPS) is 12.9. The third kappa shape index (κ3) is 3.74. The molecule has 0 unspecified atom stereocenters. The summed E-state index contributed by atoms with van der Waals surface area (Å²) in [6.45, 7) is 5.00. The minimum Gasteiger partial charge on any atom is -0.493 e. The lowest BCUT2D eigenvalue weighted by atomic mass is 10.1. The summed E-state index contributed by atoms with van der Waals surface area (Å²) in [5.74, 6) is -0.0283. The Bertz CT molecular complexity index is 539. The molecule has 1 aliphatic rings. The molecule has 0 saturated carbocycles. The fourth-order valence-electron chi connectivity index (χ4n) is 2.48. The molecule has 0 radical (unpaired) electrons. The van der Waals surface area contributed by atoms with E-state index in [4.69, 9.17) is 9.84 Å². The highest BCUT2D eigenvalue weighted by Gasteiger charge is 2.21. The first-order chi connectivity index (χ1) is 9.99. The number of carboxylic acids is 1. The molecule has 1 aromatic rings.